The van der Waals surface area contributed by atoms with Gasteiger partial charge in [0.05, 0.1) is 74.2 Å². The lowest BCUT2D eigenvalue weighted by Crippen LogP contribution is -2.57. The zero-order valence-electron chi connectivity index (χ0n) is 51.5. The van der Waals surface area contributed by atoms with Gasteiger partial charge in [0, 0.05) is 89.8 Å². The lowest BCUT2D eigenvalue weighted by Gasteiger charge is -2.32. The average molecular weight is 1200 g/mol. The van der Waals surface area contributed by atoms with Gasteiger partial charge in [0.1, 0.15) is 19.0 Å². The van der Waals surface area contributed by atoms with Crippen LogP contribution in [0.25, 0.3) is 0 Å². The second-order valence-corrected chi connectivity index (χ2v) is 21.8. The summed E-state index contributed by atoms with van der Waals surface area (Å²) in [6.45, 7) is 15.8. The molecule has 28 nitrogen and oxygen atoms in total. The van der Waals surface area contributed by atoms with E-state index in [-0.39, 0.29) is 158 Å². The first-order valence-corrected chi connectivity index (χ1v) is 29.5. The van der Waals surface area contributed by atoms with E-state index in [4.69, 9.17) is 30.4 Å². The molecular formula is C56H105N13O15. The first-order chi connectivity index (χ1) is 39.9. The molecule has 0 fully saturated rings. The highest BCUT2D eigenvalue weighted by atomic mass is 16.5. The standard InChI is InChI=1S/C56H105N13O15/c1-40(52(57)76)17-9-12-25-61-50(74)38-83-33-32-82-30-28-63-51(75)39-84-34-31-81-29-27-62-48(72)22-16-21-47(71)60-24-13-10-18-43(54(78)64-26-14-11-20-46(59-8)53(58)77)35-45(70)19-15-23-49(73)67-44(36-65-55(4,5)41(2)68-79)37-66-56(6,7)42(3)69-80/h40,43-44,46,59,65-66,79-80H,9-39H2,1-8H3,(H2,57,76)(H2,58,77)(H,60,71)(H,61,74)(H,62,72)(H,63,75)(H,64,78)(H,67,73)/b68-41-,69-42-/t40-,43+,46-/m0/s1. The molecule has 84 heavy (non-hydrogen) atoms. The van der Waals surface area contributed by atoms with Crippen LogP contribution in [0.1, 0.15) is 151 Å². The third-order valence-electron chi connectivity index (χ3n) is 14.0. The van der Waals surface area contributed by atoms with Gasteiger partial charge in [-0.05, 0) is 106 Å². The van der Waals surface area contributed by atoms with Crippen molar-refractivity contribution in [1.29, 1.82) is 0 Å². The van der Waals surface area contributed by atoms with Crippen LogP contribution >= 0.6 is 0 Å². The van der Waals surface area contributed by atoms with Crippen LogP contribution in [0.2, 0.25) is 0 Å². The van der Waals surface area contributed by atoms with E-state index in [1.54, 1.807) is 27.8 Å². The highest BCUT2D eigenvalue weighted by Gasteiger charge is 2.28. The molecule has 0 saturated carbocycles. The van der Waals surface area contributed by atoms with E-state index >= 15 is 0 Å². The number of nitrogens with zero attached hydrogens (tertiary/aromatic N) is 2. The maximum Gasteiger partial charge on any atom is 0.246 e. The first kappa shape index (κ1) is 78.1. The van der Waals surface area contributed by atoms with Crippen LogP contribution in [0.15, 0.2) is 10.3 Å². The molecule has 0 unspecified atom stereocenters. The van der Waals surface area contributed by atoms with Crippen LogP contribution < -0.4 is 59.3 Å². The highest BCUT2D eigenvalue weighted by molar-refractivity contribution is 5.91. The molecule has 0 spiro atoms. The van der Waals surface area contributed by atoms with Gasteiger partial charge >= 0.3 is 0 Å². The normalized spacial score (nSPS) is 13.2. The Morgan fingerprint density at radius 3 is 1.42 bits per heavy atom. The Kier molecular flexibility index (Phi) is 44.0. The fourth-order valence-corrected chi connectivity index (χ4v) is 7.82. The number of carbonyl (C=O) groups excluding carboxylic acids is 9. The van der Waals surface area contributed by atoms with E-state index in [9.17, 15) is 53.6 Å². The molecule has 0 aliphatic rings. The molecule has 484 valence electrons. The topological polar surface area (TPSA) is 416 Å². The lowest BCUT2D eigenvalue weighted by molar-refractivity contribution is -0.130. The summed E-state index contributed by atoms with van der Waals surface area (Å²) in [7, 11) is 1.65. The molecule has 0 radical (unpaired) electrons. The summed E-state index contributed by atoms with van der Waals surface area (Å²) >= 11 is 0. The maximum atomic E-state index is 13.4. The van der Waals surface area contributed by atoms with Crippen LogP contribution in [-0.4, -0.2) is 204 Å². The second kappa shape index (κ2) is 47.3. The number of primary amides is 2. The zero-order chi connectivity index (χ0) is 63.2. The molecule has 3 atom stereocenters. The molecule has 0 heterocycles. The molecule has 0 saturated heterocycles. The minimum absolute atomic E-state index is 0.0284. The Labute approximate surface area is 497 Å². The van der Waals surface area contributed by atoms with Gasteiger partial charge in [-0.2, -0.15) is 0 Å². The summed E-state index contributed by atoms with van der Waals surface area (Å²) in [5.41, 5.74) is 10.2. The predicted octanol–water partition coefficient (Wildman–Crippen LogP) is 0.177. The molecule has 15 N–H and O–H groups in total. The van der Waals surface area contributed by atoms with Gasteiger partial charge in [-0.1, -0.05) is 30.1 Å². The van der Waals surface area contributed by atoms with E-state index in [0.29, 0.717) is 95.5 Å². The van der Waals surface area contributed by atoms with Gasteiger partial charge in [0.2, 0.25) is 47.3 Å². The Morgan fingerprint density at radius 2 is 0.929 bits per heavy atom. The number of amides is 8. The number of nitrogens with two attached hydrogens (primary N) is 2. The third kappa shape index (κ3) is 41.2. The van der Waals surface area contributed by atoms with Crippen LogP contribution in [-0.2, 0) is 62.1 Å². The van der Waals surface area contributed by atoms with Crippen molar-refractivity contribution in [2.24, 2.45) is 33.6 Å². The van der Waals surface area contributed by atoms with Crippen molar-refractivity contribution in [2.75, 3.05) is 106 Å². The molecule has 28 heteroatoms. The molecule has 0 aromatic carbocycles. The van der Waals surface area contributed by atoms with Crippen molar-refractivity contribution in [2.45, 2.75) is 174 Å². The number of Topliss-reactive ketones (excluding diaryl/α,β-unsaturated/α-hetero) is 1. The first-order valence-electron chi connectivity index (χ1n) is 29.5. The number of ether oxygens (including phenoxy) is 4. The third-order valence-corrected chi connectivity index (χ3v) is 14.0. The number of ketones is 1. The smallest absolute Gasteiger partial charge is 0.246 e. The van der Waals surface area contributed by atoms with E-state index in [1.165, 1.54) is 0 Å². The van der Waals surface area contributed by atoms with Crippen LogP contribution in [0.4, 0.5) is 0 Å². The van der Waals surface area contributed by atoms with Gasteiger partial charge in [0.15, 0.2) is 0 Å². The minimum atomic E-state index is -0.686. The Balaban J connectivity index is 4.62. The van der Waals surface area contributed by atoms with Crippen molar-refractivity contribution in [3.63, 3.8) is 0 Å². The molecule has 8 amide bonds. The van der Waals surface area contributed by atoms with Crippen LogP contribution in [0.3, 0.4) is 0 Å². The van der Waals surface area contributed by atoms with Crippen LogP contribution in [0, 0.1) is 11.8 Å². The number of oxime groups is 2. The van der Waals surface area contributed by atoms with Crippen molar-refractivity contribution >= 4 is 64.5 Å². The molecule has 0 rings (SSSR count). The van der Waals surface area contributed by atoms with Gasteiger partial charge in [0.25, 0.3) is 0 Å². The second-order valence-electron chi connectivity index (χ2n) is 21.8. The Morgan fingerprint density at radius 1 is 0.500 bits per heavy atom. The van der Waals surface area contributed by atoms with E-state index in [2.05, 4.69) is 58.2 Å². The molecule has 0 aliphatic heterocycles. The summed E-state index contributed by atoms with van der Waals surface area (Å²) in [5.74, 6) is -3.37. The Hall–Kier alpha value is -5.91. The molecule has 0 aliphatic carbocycles. The van der Waals surface area contributed by atoms with E-state index in [0.717, 1.165) is 12.8 Å². The number of carbonyl (C=O) groups is 9. The average Bonchev–Trinajstić information content (AvgIpc) is 3.65. The SMILES string of the molecule is CN[C@@H](CCCCNC(=O)[C@H](CCCCNC(=O)CCCC(=O)NCCOCCOCC(=O)NCCOCCOCC(=O)NCCCC[C@H](C)C(N)=O)CC(=O)CCCC(=O)NC(CNC(C)(C)/C(C)=N\O)CNC(C)(C)/C(C)=N\O)C(N)=O. The summed E-state index contributed by atoms with van der Waals surface area (Å²) in [6.07, 6.45) is 6.36. The summed E-state index contributed by atoms with van der Waals surface area (Å²) < 4.78 is 21.4. The van der Waals surface area contributed by atoms with Gasteiger partial charge in [-0.15, -0.1) is 0 Å². The fraction of sp³-hybridized carbons (Fsp3) is 0.804. The molecule has 0 aromatic heterocycles. The van der Waals surface area contributed by atoms with Crippen molar-refractivity contribution in [3.05, 3.63) is 0 Å². The molecular weight excluding hydrogens is 1090 g/mol. The quantitative estimate of drug-likeness (QED) is 0.0167. The maximum absolute atomic E-state index is 13.4. The van der Waals surface area contributed by atoms with Crippen molar-refractivity contribution < 1.29 is 72.5 Å². The van der Waals surface area contributed by atoms with E-state index < -0.39 is 35.0 Å². The number of hydrogen-bond donors (Lipinski definition) is 13. The summed E-state index contributed by atoms with van der Waals surface area (Å²) in [6, 6.07) is -0.915. The number of unbranched alkanes of at least 4 members (excludes halogenated alkanes) is 3. The largest absolute Gasteiger partial charge is 0.411 e. The van der Waals surface area contributed by atoms with Gasteiger partial charge in [-0.3, -0.25) is 43.2 Å². The molecule has 0 aromatic rings. The Bertz CT molecular complexity index is 1980. The zero-order valence-corrected chi connectivity index (χ0v) is 51.5. The highest BCUT2D eigenvalue weighted by Crippen LogP contribution is 2.17. The number of nitrogens with one attached hydrogen (secondary N) is 9. The van der Waals surface area contributed by atoms with Gasteiger partial charge < -0.3 is 88.7 Å². The summed E-state index contributed by atoms with van der Waals surface area (Å²) in [4.78, 5) is 111. The van der Waals surface area contributed by atoms with Gasteiger partial charge in [-0.25, -0.2) is 0 Å². The summed E-state index contributed by atoms with van der Waals surface area (Å²) in [5, 5.41) is 51.7. The van der Waals surface area contributed by atoms with Crippen LogP contribution in [0.5, 0.6) is 0 Å². The number of likely N-dealkylation sites (N-methyl/N-ethyl adjacent to an activating group) is 1. The van der Waals surface area contributed by atoms with Crippen molar-refractivity contribution in [1.82, 2.24) is 47.9 Å². The number of hydrogen-bond acceptors (Lipinski definition) is 20. The minimum Gasteiger partial charge on any atom is -0.411 e. The monoisotopic (exact) mass is 1200 g/mol. The van der Waals surface area contributed by atoms with Crippen molar-refractivity contribution in [3.8, 4) is 0 Å². The lowest BCUT2D eigenvalue weighted by atomic mass is 9.93. The fourth-order valence-electron chi connectivity index (χ4n) is 7.82. The van der Waals surface area contributed by atoms with E-state index in [1.807, 2.05) is 27.7 Å². The molecule has 0 bridgehead atoms. The predicted molar refractivity (Wildman–Crippen MR) is 317 cm³/mol. The number of rotatable bonds is 54.